The fraction of sp³-hybridized carbons (Fsp3) is 0.462. The van der Waals surface area contributed by atoms with Crippen molar-refractivity contribution in [1.82, 2.24) is 0 Å². The molecule has 106 valence electrons. The van der Waals surface area contributed by atoms with E-state index < -0.39 is 16.0 Å². The summed E-state index contributed by atoms with van der Waals surface area (Å²) in [4.78, 5) is 12.0. The second-order valence-electron chi connectivity index (χ2n) is 4.28. The molecular weight excluding hydrogens is 264 g/mol. The third kappa shape index (κ3) is 4.65. The van der Waals surface area contributed by atoms with Crippen LogP contribution in [-0.4, -0.2) is 34.8 Å². The SMILES string of the molecule is COCCS(=O)C(C)C(=O)Nc1cc(N)ccc1C. The Morgan fingerprint density at radius 3 is 2.84 bits per heavy atom. The molecule has 0 heterocycles. The molecule has 0 aliphatic carbocycles. The van der Waals surface area contributed by atoms with E-state index in [1.54, 1.807) is 19.1 Å². The highest BCUT2D eigenvalue weighted by Crippen LogP contribution is 2.18. The van der Waals surface area contributed by atoms with Gasteiger partial charge >= 0.3 is 0 Å². The van der Waals surface area contributed by atoms with Gasteiger partial charge in [-0.1, -0.05) is 6.07 Å². The van der Waals surface area contributed by atoms with Gasteiger partial charge in [0.05, 0.1) is 6.61 Å². The molecule has 6 heteroatoms. The van der Waals surface area contributed by atoms with Crippen molar-refractivity contribution in [2.24, 2.45) is 0 Å². The van der Waals surface area contributed by atoms with Crippen molar-refractivity contribution >= 4 is 28.1 Å². The molecule has 0 fully saturated rings. The molecule has 1 aromatic rings. The lowest BCUT2D eigenvalue weighted by Gasteiger charge is -2.14. The summed E-state index contributed by atoms with van der Waals surface area (Å²) in [6.45, 7) is 3.89. The normalized spacial score (nSPS) is 13.8. The number of rotatable bonds is 6. The number of carbonyl (C=O) groups excluding carboxylic acids is 1. The van der Waals surface area contributed by atoms with Gasteiger partial charge in [0.1, 0.15) is 5.25 Å². The van der Waals surface area contributed by atoms with Crippen LogP contribution in [0.15, 0.2) is 18.2 Å². The molecule has 5 nitrogen and oxygen atoms in total. The lowest BCUT2D eigenvalue weighted by Crippen LogP contribution is -2.31. The number of benzene rings is 1. The predicted molar refractivity (Wildman–Crippen MR) is 78.6 cm³/mol. The monoisotopic (exact) mass is 284 g/mol. The number of amides is 1. The van der Waals surface area contributed by atoms with Gasteiger partial charge in [0, 0.05) is 35.0 Å². The van der Waals surface area contributed by atoms with Gasteiger partial charge in [0.25, 0.3) is 0 Å². The van der Waals surface area contributed by atoms with Crippen LogP contribution in [0.3, 0.4) is 0 Å². The van der Waals surface area contributed by atoms with Crippen molar-refractivity contribution in [1.29, 1.82) is 0 Å². The van der Waals surface area contributed by atoms with Gasteiger partial charge in [-0.15, -0.1) is 0 Å². The largest absolute Gasteiger partial charge is 0.399 e. The molecule has 2 unspecified atom stereocenters. The maximum atomic E-state index is 12.0. The fourth-order valence-corrected chi connectivity index (χ4v) is 2.45. The van der Waals surface area contributed by atoms with Crippen molar-refractivity contribution in [2.75, 3.05) is 30.5 Å². The number of nitrogens with one attached hydrogen (secondary N) is 1. The molecule has 3 N–H and O–H groups in total. The van der Waals surface area contributed by atoms with E-state index >= 15 is 0 Å². The third-order valence-electron chi connectivity index (χ3n) is 2.77. The minimum Gasteiger partial charge on any atom is -0.399 e. The van der Waals surface area contributed by atoms with Crippen molar-refractivity contribution in [3.8, 4) is 0 Å². The summed E-state index contributed by atoms with van der Waals surface area (Å²) in [6.07, 6.45) is 0. The first-order valence-electron chi connectivity index (χ1n) is 5.98. The lowest BCUT2D eigenvalue weighted by atomic mass is 10.2. The van der Waals surface area contributed by atoms with Crippen LogP contribution in [0, 0.1) is 6.92 Å². The quantitative estimate of drug-likeness (QED) is 0.771. The molecule has 0 saturated heterocycles. The zero-order chi connectivity index (χ0) is 14.4. The number of hydrogen-bond acceptors (Lipinski definition) is 4. The van der Waals surface area contributed by atoms with E-state index in [1.807, 2.05) is 13.0 Å². The van der Waals surface area contributed by atoms with Crippen LogP contribution in [-0.2, 0) is 20.3 Å². The van der Waals surface area contributed by atoms with Gasteiger partial charge in [-0.3, -0.25) is 9.00 Å². The number of nitrogens with two attached hydrogens (primary N) is 1. The number of nitrogen functional groups attached to an aromatic ring is 1. The Labute approximate surface area is 116 Å². The molecular formula is C13H20N2O3S. The van der Waals surface area contributed by atoms with Gasteiger partial charge < -0.3 is 15.8 Å². The second-order valence-corrected chi connectivity index (χ2v) is 6.16. The smallest absolute Gasteiger partial charge is 0.239 e. The van der Waals surface area contributed by atoms with Crippen LogP contribution < -0.4 is 11.1 Å². The van der Waals surface area contributed by atoms with Crippen molar-refractivity contribution in [2.45, 2.75) is 19.1 Å². The number of methoxy groups -OCH3 is 1. The highest BCUT2D eigenvalue weighted by molar-refractivity contribution is 7.86. The van der Waals surface area contributed by atoms with Crippen molar-refractivity contribution in [3.63, 3.8) is 0 Å². The van der Waals surface area contributed by atoms with Crippen molar-refractivity contribution < 1.29 is 13.7 Å². The predicted octanol–water partition coefficient (Wildman–Crippen LogP) is 1.30. The Kier molecular flexibility index (Phi) is 5.98. The lowest BCUT2D eigenvalue weighted by molar-refractivity contribution is -0.115. The van der Waals surface area contributed by atoms with Crippen LogP contribution in [0.2, 0.25) is 0 Å². The second kappa shape index (κ2) is 7.25. The van der Waals surface area contributed by atoms with Gasteiger partial charge in [0.15, 0.2) is 0 Å². The summed E-state index contributed by atoms with van der Waals surface area (Å²) in [6, 6.07) is 5.29. The highest BCUT2D eigenvalue weighted by Gasteiger charge is 2.20. The van der Waals surface area contributed by atoms with E-state index in [4.69, 9.17) is 10.5 Å². The highest BCUT2D eigenvalue weighted by atomic mass is 32.2. The molecule has 1 amide bonds. The van der Waals surface area contributed by atoms with Crippen LogP contribution in [0.25, 0.3) is 0 Å². The molecule has 0 aliphatic heterocycles. The molecule has 1 aromatic carbocycles. The average Bonchev–Trinajstić information content (AvgIpc) is 2.39. The van der Waals surface area contributed by atoms with Gasteiger partial charge in [-0.25, -0.2) is 0 Å². The van der Waals surface area contributed by atoms with E-state index in [-0.39, 0.29) is 5.91 Å². The van der Waals surface area contributed by atoms with Gasteiger partial charge in [-0.2, -0.15) is 0 Å². The number of hydrogen-bond donors (Lipinski definition) is 2. The summed E-state index contributed by atoms with van der Waals surface area (Å²) < 4.78 is 16.7. The number of ether oxygens (including phenoxy) is 1. The Balaban J connectivity index is 2.68. The van der Waals surface area contributed by atoms with Crippen LogP contribution in [0.1, 0.15) is 12.5 Å². The number of aryl methyl sites for hydroxylation is 1. The zero-order valence-electron chi connectivity index (χ0n) is 11.4. The first-order chi connectivity index (χ1) is 8.95. The maximum absolute atomic E-state index is 12.0. The van der Waals surface area contributed by atoms with E-state index in [1.165, 1.54) is 7.11 Å². The zero-order valence-corrected chi connectivity index (χ0v) is 12.3. The van der Waals surface area contributed by atoms with Crippen LogP contribution >= 0.6 is 0 Å². The molecule has 0 saturated carbocycles. The average molecular weight is 284 g/mol. The summed E-state index contributed by atoms with van der Waals surface area (Å²) in [5.74, 6) is 0.0733. The maximum Gasteiger partial charge on any atom is 0.239 e. The number of anilines is 2. The van der Waals surface area contributed by atoms with E-state index in [9.17, 15) is 9.00 Å². The standard InChI is InChI=1S/C13H20N2O3S/c1-9-4-5-11(14)8-12(9)15-13(16)10(2)19(17)7-6-18-3/h4-5,8,10H,6-7,14H2,1-3H3,(H,15,16). The molecule has 19 heavy (non-hydrogen) atoms. The first kappa shape index (κ1) is 15.7. The summed E-state index contributed by atoms with van der Waals surface area (Å²) >= 11 is 0. The summed E-state index contributed by atoms with van der Waals surface area (Å²) in [7, 11) is 0.291. The minimum absolute atomic E-state index is 0.275. The molecule has 0 bridgehead atoms. The van der Waals surface area contributed by atoms with E-state index in [0.29, 0.717) is 23.7 Å². The Morgan fingerprint density at radius 2 is 2.21 bits per heavy atom. The summed E-state index contributed by atoms with van der Waals surface area (Å²) in [5.41, 5.74) is 7.82. The van der Waals surface area contributed by atoms with E-state index in [0.717, 1.165) is 5.56 Å². The number of carbonyl (C=O) groups is 1. The molecule has 1 rings (SSSR count). The summed E-state index contributed by atoms with van der Waals surface area (Å²) in [5, 5.41) is 2.17. The van der Waals surface area contributed by atoms with Crippen molar-refractivity contribution in [3.05, 3.63) is 23.8 Å². The topological polar surface area (TPSA) is 81.4 Å². The minimum atomic E-state index is -1.25. The fourth-order valence-electron chi connectivity index (χ4n) is 1.47. The Morgan fingerprint density at radius 1 is 1.53 bits per heavy atom. The van der Waals surface area contributed by atoms with Gasteiger partial charge in [0.2, 0.25) is 5.91 Å². The Bertz CT molecular complexity index is 477. The Hall–Kier alpha value is -1.40. The van der Waals surface area contributed by atoms with Crippen LogP contribution in [0.4, 0.5) is 11.4 Å². The first-order valence-corrected chi connectivity index (χ1v) is 7.37. The third-order valence-corrected chi connectivity index (χ3v) is 4.34. The van der Waals surface area contributed by atoms with Crippen LogP contribution in [0.5, 0.6) is 0 Å². The molecule has 0 aliphatic rings. The molecule has 0 spiro atoms. The molecule has 0 radical (unpaired) electrons. The molecule has 2 atom stereocenters. The van der Waals surface area contributed by atoms with Gasteiger partial charge in [-0.05, 0) is 31.5 Å². The van der Waals surface area contributed by atoms with E-state index in [2.05, 4.69) is 5.32 Å². The molecule has 0 aromatic heterocycles.